The number of anilines is 1. The second-order valence-corrected chi connectivity index (χ2v) is 4.66. The Morgan fingerprint density at radius 3 is 2.11 bits per heavy atom. The molecule has 1 aromatic rings. The number of rotatable bonds is 7. The van der Waals surface area contributed by atoms with Gasteiger partial charge in [-0.25, -0.2) is 0 Å². The zero-order chi connectivity index (χ0) is 14.1. The maximum Gasteiger partial charge on any atom is 0.173 e. The van der Waals surface area contributed by atoms with Crippen molar-refractivity contribution < 1.29 is 9.47 Å². The van der Waals surface area contributed by atoms with E-state index in [0.717, 1.165) is 18.8 Å². The van der Waals surface area contributed by atoms with Gasteiger partial charge in [-0.2, -0.15) is 0 Å². The largest absolute Gasteiger partial charge is 0.383 e. The van der Waals surface area contributed by atoms with Crippen LogP contribution in [0.2, 0.25) is 0 Å². The van der Waals surface area contributed by atoms with Crippen LogP contribution in [0.25, 0.3) is 0 Å². The molecule has 4 nitrogen and oxygen atoms in total. The predicted molar refractivity (Wildman–Crippen MR) is 82.7 cm³/mol. The van der Waals surface area contributed by atoms with Gasteiger partial charge in [0.2, 0.25) is 0 Å². The number of hydrogen-bond acceptors (Lipinski definition) is 3. The molecule has 0 spiro atoms. The first-order chi connectivity index (χ1) is 9.17. The zero-order valence-electron chi connectivity index (χ0n) is 11.8. The molecule has 1 N–H and O–H groups in total. The lowest BCUT2D eigenvalue weighted by Gasteiger charge is -2.25. The normalized spacial score (nSPS) is 10.3. The van der Waals surface area contributed by atoms with E-state index in [-0.39, 0.29) is 0 Å². The summed E-state index contributed by atoms with van der Waals surface area (Å²) < 4.78 is 10.2. The van der Waals surface area contributed by atoms with Crippen LogP contribution in [-0.4, -0.2) is 50.5 Å². The van der Waals surface area contributed by atoms with E-state index in [0.29, 0.717) is 18.3 Å². The van der Waals surface area contributed by atoms with Gasteiger partial charge in [-0.3, -0.25) is 0 Å². The van der Waals surface area contributed by atoms with E-state index >= 15 is 0 Å². The Hall–Kier alpha value is -1.17. The number of nitrogens with one attached hydrogen (secondary N) is 1. The predicted octanol–water partition coefficient (Wildman–Crippen LogP) is 2.29. The van der Waals surface area contributed by atoms with Gasteiger partial charge in [0, 0.05) is 33.0 Å². The molecule has 1 rings (SSSR count). The first-order valence-electron chi connectivity index (χ1n) is 6.28. The van der Waals surface area contributed by atoms with Crippen LogP contribution < -0.4 is 5.32 Å². The topological polar surface area (TPSA) is 33.7 Å². The molecule has 1 aromatic carbocycles. The average Bonchev–Trinajstić information content (AvgIpc) is 2.41. The third-order valence-corrected chi connectivity index (χ3v) is 3.08. The van der Waals surface area contributed by atoms with Crippen LogP contribution in [0.3, 0.4) is 0 Å². The van der Waals surface area contributed by atoms with Gasteiger partial charge >= 0.3 is 0 Å². The van der Waals surface area contributed by atoms with Crippen LogP contribution in [0.5, 0.6) is 0 Å². The number of methoxy groups -OCH3 is 2. The lowest BCUT2D eigenvalue weighted by molar-refractivity contribution is 0.147. The van der Waals surface area contributed by atoms with E-state index in [1.54, 1.807) is 14.2 Å². The Kier molecular flexibility index (Phi) is 7.40. The molecule has 0 aliphatic carbocycles. The van der Waals surface area contributed by atoms with Gasteiger partial charge in [0.25, 0.3) is 0 Å². The second-order valence-electron chi connectivity index (χ2n) is 4.27. The van der Waals surface area contributed by atoms with Crippen LogP contribution in [0, 0.1) is 6.92 Å². The lowest BCUT2D eigenvalue weighted by atomic mass is 10.2. The zero-order valence-corrected chi connectivity index (χ0v) is 12.6. The number of thiocarbonyl (C=S) groups is 1. The van der Waals surface area contributed by atoms with E-state index in [1.165, 1.54) is 5.56 Å². The van der Waals surface area contributed by atoms with Crippen molar-refractivity contribution in [3.63, 3.8) is 0 Å². The highest BCUT2D eigenvalue weighted by atomic mass is 32.1. The third-order valence-electron chi connectivity index (χ3n) is 2.72. The van der Waals surface area contributed by atoms with E-state index in [1.807, 2.05) is 17.0 Å². The Bertz CT molecular complexity index is 374. The van der Waals surface area contributed by atoms with Crippen LogP contribution in [-0.2, 0) is 9.47 Å². The molecule has 0 aromatic heterocycles. The van der Waals surface area contributed by atoms with Crippen LogP contribution in [0.15, 0.2) is 24.3 Å². The highest BCUT2D eigenvalue weighted by Gasteiger charge is 2.09. The highest BCUT2D eigenvalue weighted by Crippen LogP contribution is 2.09. The summed E-state index contributed by atoms with van der Waals surface area (Å²) in [6.07, 6.45) is 0. The fraction of sp³-hybridized carbons (Fsp3) is 0.500. The molecule has 0 saturated heterocycles. The first kappa shape index (κ1) is 15.9. The number of aryl methyl sites for hydroxylation is 1. The summed E-state index contributed by atoms with van der Waals surface area (Å²) in [6, 6.07) is 8.15. The molecule has 0 bridgehead atoms. The maximum absolute atomic E-state index is 5.42. The molecule has 0 atom stereocenters. The standard InChI is InChI=1S/C14H22N2O2S/c1-12-4-6-13(7-5-12)15-14(19)16(8-10-17-2)9-11-18-3/h4-7H,8-11H2,1-3H3,(H,15,19). The molecule has 19 heavy (non-hydrogen) atoms. The maximum atomic E-state index is 5.42. The Morgan fingerprint density at radius 1 is 1.11 bits per heavy atom. The smallest absolute Gasteiger partial charge is 0.173 e. The molecule has 5 heteroatoms. The summed E-state index contributed by atoms with van der Waals surface area (Å²) >= 11 is 5.42. The SMILES string of the molecule is COCCN(CCOC)C(=S)Nc1ccc(C)cc1. The minimum atomic E-state index is 0.638. The van der Waals surface area contributed by atoms with Gasteiger partial charge in [0.1, 0.15) is 0 Å². The van der Waals surface area contributed by atoms with Crippen molar-refractivity contribution in [1.82, 2.24) is 4.90 Å². The molecular weight excluding hydrogens is 260 g/mol. The molecule has 0 radical (unpaired) electrons. The number of hydrogen-bond donors (Lipinski definition) is 1. The summed E-state index contributed by atoms with van der Waals surface area (Å²) in [5.41, 5.74) is 2.22. The van der Waals surface area contributed by atoms with E-state index in [2.05, 4.69) is 24.4 Å². The molecule has 0 aliphatic heterocycles. The molecule has 106 valence electrons. The van der Waals surface area contributed by atoms with Crippen molar-refractivity contribution in [2.45, 2.75) is 6.92 Å². The molecule has 0 saturated carbocycles. The molecule has 0 fully saturated rings. The monoisotopic (exact) mass is 282 g/mol. The van der Waals surface area contributed by atoms with E-state index < -0.39 is 0 Å². The Balaban J connectivity index is 2.56. The van der Waals surface area contributed by atoms with E-state index in [9.17, 15) is 0 Å². The van der Waals surface area contributed by atoms with Gasteiger partial charge in [-0.05, 0) is 31.3 Å². The van der Waals surface area contributed by atoms with Gasteiger partial charge in [0.05, 0.1) is 13.2 Å². The van der Waals surface area contributed by atoms with Crippen LogP contribution in [0.1, 0.15) is 5.56 Å². The summed E-state index contributed by atoms with van der Waals surface area (Å²) in [7, 11) is 3.37. The third kappa shape index (κ3) is 6.00. The minimum Gasteiger partial charge on any atom is -0.383 e. The van der Waals surface area contributed by atoms with Crippen molar-refractivity contribution in [2.75, 3.05) is 45.8 Å². The Morgan fingerprint density at radius 2 is 1.63 bits per heavy atom. The van der Waals surface area contributed by atoms with Gasteiger partial charge in [-0.1, -0.05) is 17.7 Å². The molecule has 0 aliphatic rings. The van der Waals surface area contributed by atoms with E-state index in [4.69, 9.17) is 21.7 Å². The summed E-state index contributed by atoms with van der Waals surface area (Å²) in [4.78, 5) is 2.04. The van der Waals surface area contributed by atoms with Gasteiger partial charge in [0.15, 0.2) is 5.11 Å². The summed E-state index contributed by atoms with van der Waals surface area (Å²) in [5, 5.41) is 3.93. The average molecular weight is 282 g/mol. The Labute approximate surface area is 120 Å². The van der Waals surface area contributed by atoms with Gasteiger partial charge < -0.3 is 19.7 Å². The highest BCUT2D eigenvalue weighted by molar-refractivity contribution is 7.80. The second kappa shape index (κ2) is 8.85. The number of benzene rings is 1. The van der Waals surface area contributed by atoms with Crippen LogP contribution >= 0.6 is 12.2 Å². The minimum absolute atomic E-state index is 0.638. The van der Waals surface area contributed by atoms with Crippen LogP contribution in [0.4, 0.5) is 5.69 Å². The van der Waals surface area contributed by atoms with Crippen molar-refractivity contribution in [1.29, 1.82) is 0 Å². The van der Waals surface area contributed by atoms with Crippen molar-refractivity contribution in [3.8, 4) is 0 Å². The summed E-state index contributed by atoms with van der Waals surface area (Å²) in [6.45, 7) is 4.83. The number of ether oxygens (including phenoxy) is 2. The molecule has 0 unspecified atom stereocenters. The van der Waals surface area contributed by atoms with Crippen molar-refractivity contribution >= 4 is 23.0 Å². The lowest BCUT2D eigenvalue weighted by Crippen LogP contribution is -2.39. The number of nitrogens with zero attached hydrogens (tertiary/aromatic N) is 1. The fourth-order valence-electron chi connectivity index (χ4n) is 1.56. The molecular formula is C14H22N2O2S. The summed E-state index contributed by atoms with van der Waals surface area (Å²) in [5.74, 6) is 0. The molecule has 0 heterocycles. The van der Waals surface area contributed by atoms with Gasteiger partial charge in [-0.15, -0.1) is 0 Å². The molecule has 0 amide bonds. The van der Waals surface area contributed by atoms with Crippen molar-refractivity contribution in [3.05, 3.63) is 29.8 Å². The van der Waals surface area contributed by atoms with Crippen molar-refractivity contribution in [2.24, 2.45) is 0 Å². The first-order valence-corrected chi connectivity index (χ1v) is 6.68. The fourth-order valence-corrected chi connectivity index (χ4v) is 1.86. The quantitative estimate of drug-likeness (QED) is 0.776.